The third kappa shape index (κ3) is 2.23. The second-order valence-electron chi connectivity index (χ2n) is 4.45. The molecular weight excluding hydrogens is 332 g/mol. The molecule has 0 radical (unpaired) electrons. The minimum atomic E-state index is -1.12. The van der Waals surface area contributed by atoms with Gasteiger partial charge in [0.05, 0.1) is 19.7 Å². The van der Waals surface area contributed by atoms with E-state index in [9.17, 15) is 40.5 Å². The van der Waals surface area contributed by atoms with E-state index < -0.39 is 64.6 Å². The van der Waals surface area contributed by atoms with E-state index in [0.29, 0.717) is 12.1 Å². The molecule has 2 rings (SSSR count). The number of fused-ring (bicyclic) bond motifs is 1. The van der Waals surface area contributed by atoms with Gasteiger partial charge in [-0.05, 0) is 0 Å². The van der Waals surface area contributed by atoms with Crippen molar-refractivity contribution in [1.82, 2.24) is 0 Å². The molecule has 0 heterocycles. The van der Waals surface area contributed by atoms with Gasteiger partial charge < -0.3 is 11.5 Å². The van der Waals surface area contributed by atoms with E-state index >= 15 is 0 Å². The van der Waals surface area contributed by atoms with Crippen molar-refractivity contribution in [2.24, 2.45) is 0 Å². The summed E-state index contributed by atoms with van der Waals surface area (Å²) in [5.74, 6) is 0. The number of non-ortho nitro benzene ring substituents is 2. The molecule has 14 heteroatoms. The Kier molecular flexibility index (Phi) is 3.57. The van der Waals surface area contributed by atoms with Gasteiger partial charge in [0.15, 0.2) is 10.8 Å². The standard InChI is InChI=1S/C10H6N6O8/c11-3-1-5(13(17)18)7-8(9(3)15(21)22)6(14(19)20)2-4(12)10(7)16(23)24/h1-2H,11-12H2. The molecule has 24 heavy (non-hydrogen) atoms. The second kappa shape index (κ2) is 5.27. The summed E-state index contributed by atoms with van der Waals surface area (Å²) in [5.41, 5.74) is 5.17. The van der Waals surface area contributed by atoms with Crippen molar-refractivity contribution in [1.29, 1.82) is 0 Å². The number of anilines is 2. The van der Waals surface area contributed by atoms with Crippen molar-refractivity contribution >= 4 is 44.9 Å². The van der Waals surface area contributed by atoms with E-state index in [2.05, 4.69) is 0 Å². The average Bonchev–Trinajstić information content (AvgIpc) is 2.44. The van der Waals surface area contributed by atoms with E-state index in [1.165, 1.54) is 0 Å². The fourth-order valence-electron chi connectivity index (χ4n) is 2.28. The van der Waals surface area contributed by atoms with Crippen molar-refractivity contribution in [3.05, 3.63) is 52.6 Å². The number of benzene rings is 2. The summed E-state index contributed by atoms with van der Waals surface area (Å²) in [6.07, 6.45) is 0. The maximum absolute atomic E-state index is 11.2. The number of nitrogens with zero attached hydrogens (tertiary/aromatic N) is 4. The maximum atomic E-state index is 11.2. The van der Waals surface area contributed by atoms with Gasteiger partial charge in [0, 0.05) is 12.1 Å². The Morgan fingerprint density at radius 2 is 0.917 bits per heavy atom. The van der Waals surface area contributed by atoms with Crippen LogP contribution in [0.25, 0.3) is 10.8 Å². The zero-order valence-corrected chi connectivity index (χ0v) is 11.4. The summed E-state index contributed by atoms with van der Waals surface area (Å²) in [6, 6.07) is 1.05. The van der Waals surface area contributed by atoms with Crippen molar-refractivity contribution in [3.8, 4) is 0 Å². The molecule has 0 amide bonds. The molecule has 4 N–H and O–H groups in total. The topological polar surface area (TPSA) is 225 Å². The van der Waals surface area contributed by atoms with Gasteiger partial charge in [-0.1, -0.05) is 0 Å². The summed E-state index contributed by atoms with van der Waals surface area (Å²) in [7, 11) is 0. The first-order chi connectivity index (χ1) is 11.1. The molecule has 2 aromatic carbocycles. The Balaban J connectivity index is 3.34. The van der Waals surface area contributed by atoms with Crippen LogP contribution in [0.2, 0.25) is 0 Å². The first-order valence-corrected chi connectivity index (χ1v) is 5.84. The lowest BCUT2D eigenvalue weighted by Crippen LogP contribution is -2.06. The number of nitro groups is 4. The molecule has 0 unspecified atom stereocenters. The van der Waals surface area contributed by atoms with Gasteiger partial charge in [0.25, 0.3) is 11.4 Å². The Bertz CT molecular complexity index is 877. The monoisotopic (exact) mass is 338 g/mol. The Morgan fingerprint density at radius 1 is 0.625 bits per heavy atom. The third-order valence-corrected chi connectivity index (χ3v) is 3.13. The first kappa shape index (κ1) is 16.3. The lowest BCUT2D eigenvalue weighted by atomic mass is 10.0. The summed E-state index contributed by atoms with van der Waals surface area (Å²) < 4.78 is 0. The summed E-state index contributed by atoms with van der Waals surface area (Å²) in [5, 5.41) is 42.8. The highest BCUT2D eigenvalue weighted by molar-refractivity contribution is 6.14. The van der Waals surface area contributed by atoms with Crippen LogP contribution in [0, 0.1) is 40.5 Å². The zero-order valence-electron chi connectivity index (χ0n) is 11.4. The Morgan fingerprint density at radius 3 is 1.12 bits per heavy atom. The highest BCUT2D eigenvalue weighted by atomic mass is 16.6. The van der Waals surface area contributed by atoms with Gasteiger partial charge in [-0.15, -0.1) is 0 Å². The second-order valence-corrected chi connectivity index (χ2v) is 4.45. The Hall–Kier alpha value is -4.10. The molecule has 124 valence electrons. The predicted molar refractivity (Wildman–Crippen MR) is 79.4 cm³/mol. The maximum Gasteiger partial charge on any atom is 0.307 e. The molecule has 2 aromatic rings. The number of nitrogen functional groups attached to an aromatic ring is 2. The van der Waals surface area contributed by atoms with Crippen LogP contribution in [-0.2, 0) is 0 Å². The number of nitro benzene ring substituents is 4. The molecule has 0 fully saturated rings. The largest absolute Gasteiger partial charge is 0.393 e. The van der Waals surface area contributed by atoms with Crippen LogP contribution in [-0.4, -0.2) is 19.7 Å². The molecule has 0 aliphatic rings. The van der Waals surface area contributed by atoms with Crippen LogP contribution in [0.1, 0.15) is 0 Å². The minimum Gasteiger partial charge on any atom is -0.393 e. The van der Waals surface area contributed by atoms with Gasteiger partial charge in [-0.25, -0.2) is 0 Å². The molecule has 0 spiro atoms. The first-order valence-electron chi connectivity index (χ1n) is 5.84. The molecule has 0 aliphatic carbocycles. The van der Waals surface area contributed by atoms with Gasteiger partial charge in [-0.2, -0.15) is 0 Å². The summed E-state index contributed by atoms with van der Waals surface area (Å²) >= 11 is 0. The number of hydrogen-bond donors (Lipinski definition) is 2. The fraction of sp³-hybridized carbons (Fsp3) is 0. The number of hydrogen-bond acceptors (Lipinski definition) is 10. The van der Waals surface area contributed by atoms with Crippen LogP contribution in [0.3, 0.4) is 0 Å². The van der Waals surface area contributed by atoms with E-state index in [-0.39, 0.29) is 0 Å². The van der Waals surface area contributed by atoms with E-state index in [1.54, 1.807) is 0 Å². The third-order valence-electron chi connectivity index (χ3n) is 3.13. The van der Waals surface area contributed by atoms with Gasteiger partial charge in [0.1, 0.15) is 11.4 Å². The van der Waals surface area contributed by atoms with Crippen LogP contribution in [0.4, 0.5) is 34.1 Å². The molecule has 14 nitrogen and oxygen atoms in total. The van der Waals surface area contributed by atoms with Crippen molar-refractivity contribution in [3.63, 3.8) is 0 Å². The van der Waals surface area contributed by atoms with Crippen molar-refractivity contribution in [2.75, 3.05) is 11.5 Å². The van der Waals surface area contributed by atoms with Gasteiger partial charge >= 0.3 is 11.4 Å². The van der Waals surface area contributed by atoms with Crippen LogP contribution < -0.4 is 11.5 Å². The minimum absolute atomic E-state index is 0.524. The van der Waals surface area contributed by atoms with Crippen molar-refractivity contribution in [2.45, 2.75) is 0 Å². The molecule has 0 atom stereocenters. The summed E-state index contributed by atoms with van der Waals surface area (Å²) in [6.45, 7) is 0. The molecular formula is C10H6N6O8. The van der Waals surface area contributed by atoms with Crippen LogP contribution >= 0.6 is 0 Å². The normalized spacial score (nSPS) is 10.5. The Labute approximate surface area is 129 Å². The average molecular weight is 338 g/mol. The molecule has 0 bridgehead atoms. The molecule has 0 saturated heterocycles. The highest BCUT2D eigenvalue weighted by Crippen LogP contribution is 2.48. The van der Waals surface area contributed by atoms with Crippen LogP contribution in [0.5, 0.6) is 0 Å². The van der Waals surface area contributed by atoms with Crippen molar-refractivity contribution < 1.29 is 19.7 Å². The summed E-state index contributed by atoms with van der Waals surface area (Å²) in [4.78, 5) is 40.3. The van der Waals surface area contributed by atoms with Gasteiger partial charge in [-0.3, -0.25) is 40.5 Å². The molecule has 0 aromatic heterocycles. The van der Waals surface area contributed by atoms with E-state index in [0.717, 1.165) is 0 Å². The predicted octanol–water partition coefficient (Wildman–Crippen LogP) is 1.64. The lowest BCUT2D eigenvalue weighted by molar-refractivity contribution is -0.394. The highest BCUT2D eigenvalue weighted by Gasteiger charge is 2.38. The van der Waals surface area contributed by atoms with E-state index in [4.69, 9.17) is 11.5 Å². The van der Waals surface area contributed by atoms with E-state index in [1.807, 2.05) is 0 Å². The van der Waals surface area contributed by atoms with Crippen LogP contribution in [0.15, 0.2) is 12.1 Å². The number of nitrogens with two attached hydrogens (primary N) is 2. The smallest absolute Gasteiger partial charge is 0.307 e. The molecule has 0 aliphatic heterocycles. The van der Waals surface area contributed by atoms with Gasteiger partial charge in [0.2, 0.25) is 0 Å². The fourth-order valence-corrected chi connectivity index (χ4v) is 2.28. The molecule has 0 saturated carbocycles. The zero-order chi connectivity index (χ0) is 18.3. The lowest BCUT2D eigenvalue weighted by Gasteiger charge is -2.07. The number of rotatable bonds is 4. The quantitative estimate of drug-likeness (QED) is 0.465. The SMILES string of the molecule is Nc1cc([N+](=O)[O-])c2c([N+](=O)[O-])c(N)cc([N+](=O)[O-])c2c1[N+](=O)[O-].